The first-order valence-corrected chi connectivity index (χ1v) is 6.77. The van der Waals surface area contributed by atoms with Gasteiger partial charge in [0.05, 0.1) is 0 Å². The van der Waals surface area contributed by atoms with Gasteiger partial charge in [0, 0.05) is 29.2 Å². The third-order valence-electron chi connectivity index (χ3n) is 3.46. The normalized spacial score (nSPS) is 26.1. The van der Waals surface area contributed by atoms with Crippen molar-refractivity contribution in [3.05, 3.63) is 34.1 Å². The van der Waals surface area contributed by atoms with Crippen molar-refractivity contribution in [1.82, 2.24) is 4.90 Å². The van der Waals surface area contributed by atoms with Crippen molar-refractivity contribution in [3.63, 3.8) is 0 Å². The molecule has 2 atom stereocenters. The van der Waals surface area contributed by atoms with Crippen LogP contribution in [0.1, 0.15) is 18.9 Å². The maximum atomic E-state index is 13.6. The van der Waals surface area contributed by atoms with Crippen molar-refractivity contribution in [3.8, 4) is 0 Å². The number of likely N-dealkylation sites (tertiary alicyclic amines) is 1. The largest absolute Gasteiger partial charge is 0.327 e. The summed E-state index contributed by atoms with van der Waals surface area (Å²) in [7, 11) is 0. The molecule has 94 valence electrons. The second-order valence-corrected chi connectivity index (χ2v) is 5.82. The van der Waals surface area contributed by atoms with Gasteiger partial charge in [-0.05, 0) is 37.1 Å². The Morgan fingerprint density at radius 1 is 1.53 bits per heavy atom. The fourth-order valence-corrected chi connectivity index (χ4v) is 2.71. The first kappa shape index (κ1) is 13.0. The van der Waals surface area contributed by atoms with Crippen LogP contribution in [0.3, 0.4) is 0 Å². The van der Waals surface area contributed by atoms with Crippen molar-refractivity contribution in [2.24, 2.45) is 11.7 Å². The Bertz CT molecular complexity index is 397. The molecule has 0 aromatic heterocycles. The van der Waals surface area contributed by atoms with E-state index in [9.17, 15) is 4.39 Å². The summed E-state index contributed by atoms with van der Waals surface area (Å²) in [6.45, 7) is 4.74. The van der Waals surface area contributed by atoms with E-state index in [0.29, 0.717) is 18.5 Å². The van der Waals surface area contributed by atoms with E-state index < -0.39 is 0 Å². The van der Waals surface area contributed by atoms with E-state index in [2.05, 4.69) is 27.8 Å². The number of hydrogen-bond donors (Lipinski definition) is 1. The first-order valence-electron chi connectivity index (χ1n) is 5.98. The monoisotopic (exact) mass is 300 g/mol. The molecular formula is C13H18BrFN2. The molecule has 2 N–H and O–H groups in total. The van der Waals surface area contributed by atoms with Gasteiger partial charge in [-0.1, -0.05) is 22.9 Å². The molecule has 0 saturated carbocycles. The van der Waals surface area contributed by atoms with E-state index in [1.54, 1.807) is 6.07 Å². The predicted octanol–water partition coefficient (Wildman–Crippen LogP) is 2.76. The summed E-state index contributed by atoms with van der Waals surface area (Å²) in [5.74, 6) is 0.356. The minimum absolute atomic E-state index is 0.129. The van der Waals surface area contributed by atoms with Gasteiger partial charge in [-0.15, -0.1) is 0 Å². The summed E-state index contributed by atoms with van der Waals surface area (Å²) in [6, 6.07) is 5.39. The average Bonchev–Trinajstić information content (AvgIpc) is 2.29. The molecule has 1 aliphatic heterocycles. The maximum Gasteiger partial charge on any atom is 0.127 e. The van der Waals surface area contributed by atoms with Crippen LogP contribution in [0.2, 0.25) is 0 Å². The zero-order valence-electron chi connectivity index (χ0n) is 10.00. The predicted molar refractivity (Wildman–Crippen MR) is 71.1 cm³/mol. The highest BCUT2D eigenvalue weighted by Gasteiger charge is 2.23. The Kier molecular flexibility index (Phi) is 4.17. The van der Waals surface area contributed by atoms with Gasteiger partial charge in [0.15, 0.2) is 0 Å². The fraction of sp³-hybridized carbons (Fsp3) is 0.538. The lowest BCUT2D eigenvalue weighted by atomic mass is 9.94. The summed E-state index contributed by atoms with van der Waals surface area (Å²) in [6.07, 6.45) is 0.997. The number of halogens is 2. The number of nitrogens with zero attached hydrogens (tertiary/aromatic N) is 1. The second-order valence-electron chi connectivity index (χ2n) is 4.90. The van der Waals surface area contributed by atoms with Crippen LogP contribution in [-0.2, 0) is 6.54 Å². The van der Waals surface area contributed by atoms with Crippen LogP contribution < -0.4 is 5.73 Å². The Hall–Kier alpha value is -0.450. The smallest absolute Gasteiger partial charge is 0.127 e. The molecule has 1 aromatic rings. The third kappa shape index (κ3) is 3.27. The summed E-state index contributed by atoms with van der Waals surface area (Å²) >= 11 is 3.38. The van der Waals surface area contributed by atoms with Crippen LogP contribution in [0.4, 0.5) is 4.39 Å². The highest BCUT2D eigenvalue weighted by molar-refractivity contribution is 9.10. The lowest BCUT2D eigenvalue weighted by Gasteiger charge is -2.35. The summed E-state index contributed by atoms with van der Waals surface area (Å²) < 4.78 is 14.6. The minimum atomic E-state index is -0.129. The quantitative estimate of drug-likeness (QED) is 0.910. The van der Waals surface area contributed by atoms with Crippen LogP contribution in [0.25, 0.3) is 0 Å². The molecule has 0 amide bonds. The molecule has 0 spiro atoms. The van der Waals surface area contributed by atoms with E-state index in [1.807, 2.05) is 6.07 Å². The van der Waals surface area contributed by atoms with E-state index >= 15 is 0 Å². The van der Waals surface area contributed by atoms with E-state index in [0.717, 1.165) is 29.5 Å². The van der Waals surface area contributed by atoms with Crippen molar-refractivity contribution in [2.45, 2.75) is 25.9 Å². The topological polar surface area (TPSA) is 29.3 Å². The van der Waals surface area contributed by atoms with Gasteiger partial charge in [-0.2, -0.15) is 0 Å². The second kappa shape index (κ2) is 5.46. The highest BCUT2D eigenvalue weighted by atomic mass is 79.9. The summed E-state index contributed by atoms with van der Waals surface area (Å²) in [4.78, 5) is 2.28. The van der Waals surface area contributed by atoms with Crippen LogP contribution >= 0.6 is 15.9 Å². The van der Waals surface area contributed by atoms with Gasteiger partial charge in [0.25, 0.3) is 0 Å². The molecule has 17 heavy (non-hydrogen) atoms. The van der Waals surface area contributed by atoms with Gasteiger partial charge < -0.3 is 5.73 Å². The van der Waals surface area contributed by atoms with Gasteiger partial charge in [0.2, 0.25) is 0 Å². The lowest BCUT2D eigenvalue weighted by molar-refractivity contribution is 0.156. The van der Waals surface area contributed by atoms with Crippen molar-refractivity contribution >= 4 is 15.9 Å². The number of nitrogens with two attached hydrogens (primary N) is 1. The van der Waals surface area contributed by atoms with Gasteiger partial charge in [0.1, 0.15) is 5.82 Å². The average molecular weight is 301 g/mol. The Labute approximate surface area is 110 Å². The lowest BCUT2D eigenvalue weighted by Crippen LogP contribution is -2.45. The maximum absolute atomic E-state index is 13.6. The minimum Gasteiger partial charge on any atom is -0.327 e. The van der Waals surface area contributed by atoms with Gasteiger partial charge in [-0.25, -0.2) is 4.39 Å². The molecule has 2 nitrogen and oxygen atoms in total. The molecule has 0 bridgehead atoms. The van der Waals surface area contributed by atoms with Crippen LogP contribution in [0, 0.1) is 11.7 Å². The van der Waals surface area contributed by atoms with Crippen molar-refractivity contribution < 1.29 is 4.39 Å². The zero-order valence-corrected chi connectivity index (χ0v) is 11.6. The molecule has 2 rings (SSSR count). The fourth-order valence-electron chi connectivity index (χ4n) is 2.30. The van der Waals surface area contributed by atoms with Crippen LogP contribution in [0.15, 0.2) is 22.7 Å². The molecule has 1 saturated heterocycles. The molecule has 2 unspecified atom stereocenters. The summed E-state index contributed by atoms with van der Waals surface area (Å²) in [5, 5.41) is 0. The van der Waals surface area contributed by atoms with E-state index in [-0.39, 0.29) is 5.82 Å². The standard InChI is InChI=1S/C13H18BrFN2/c1-9-7-17(5-4-13(9)16)8-10-6-11(14)2-3-12(10)15/h2-3,6,9,13H,4-5,7-8,16H2,1H3. The Balaban J connectivity index is 2.03. The first-order chi connectivity index (χ1) is 8.06. The van der Waals surface area contributed by atoms with Crippen molar-refractivity contribution in [1.29, 1.82) is 0 Å². The van der Waals surface area contributed by atoms with Crippen molar-refractivity contribution in [2.75, 3.05) is 13.1 Å². The number of rotatable bonds is 2. The Morgan fingerprint density at radius 2 is 2.29 bits per heavy atom. The van der Waals surface area contributed by atoms with Crippen LogP contribution in [-0.4, -0.2) is 24.0 Å². The molecule has 1 aromatic carbocycles. The highest BCUT2D eigenvalue weighted by Crippen LogP contribution is 2.21. The van der Waals surface area contributed by atoms with Gasteiger partial charge in [-0.3, -0.25) is 4.90 Å². The number of piperidine rings is 1. The Morgan fingerprint density at radius 3 is 3.00 bits per heavy atom. The zero-order chi connectivity index (χ0) is 12.4. The molecule has 0 aliphatic carbocycles. The number of benzene rings is 1. The number of hydrogen-bond acceptors (Lipinski definition) is 2. The van der Waals surface area contributed by atoms with Crippen LogP contribution in [0.5, 0.6) is 0 Å². The molecular weight excluding hydrogens is 283 g/mol. The van der Waals surface area contributed by atoms with E-state index in [4.69, 9.17) is 5.73 Å². The molecule has 1 aliphatic rings. The van der Waals surface area contributed by atoms with Gasteiger partial charge >= 0.3 is 0 Å². The molecule has 1 fully saturated rings. The molecule has 0 radical (unpaired) electrons. The summed E-state index contributed by atoms with van der Waals surface area (Å²) in [5.41, 5.74) is 6.73. The molecule has 1 heterocycles. The molecule has 4 heteroatoms. The SMILES string of the molecule is CC1CN(Cc2cc(Br)ccc2F)CCC1N. The van der Waals surface area contributed by atoms with E-state index in [1.165, 1.54) is 6.07 Å². The third-order valence-corrected chi connectivity index (χ3v) is 3.95.